The molecule has 0 fully saturated rings. The Bertz CT molecular complexity index is 599. The molecule has 1 nitrogen and oxygen atoms in total. The van der Waals surface area contributed by atoms with E-state index >= 15 is 0 Å². The van der Waals surface area contributed by atoms with E-state index in [0.717, 1.165) is 15.7 Å². The van der Waals surface area contributed by atoms with Crippen molar-refractivity contribution in [2.24, 2.45) is 0 Å². The quantitative estimate of drug-likeness (QED) is 0.684. The topological polar surface area (TPSA) is 12.0 Å². The van der Waals surface area contributed by atoms with Gasteiger partial charge >= 0.3 is 0 Å². The summed E-state index contributed by atoms with van der Waals surface area (Å²) >= 11 is 15.5. The maximum absolute atomic E-state index is 6.04. The van der Waals surface area contributed by atoms with Gasteiger partial charge in [-0.1, -0.05) is 35.3 Å². The fraction of sp³-hybridized carbons (Fsp3) is 0.200. The molecule has 0 saturated heterocycles. The summed E-state index contributed by atoms with van der Waals surface area (Å²) in [5, 5.41) is 4.61. The number of anilines is 1. The van der Waals surface area contributed by atoms with Gasteiger partial charge in [0.25, 0.3) is 0 Å². The van der Waals surface area contributed by atoms with Gasteiger partial charge in [0.05, 0.1) is 10.0 Å². The molecule has 100 valence electrons. The molecule has 0 aliphatic carbocycles. The third-order valence-electron chi connectivity index (χ3n) is 2.94. The van der Waals surface area contributed by atoms with Crippen LogP contribution >= 0.6 is 39.1 Å². The first-order valence-electron chi connectivity index (χ1n) is 5.95. The van der Waals surface area contributed by atoms with Crippen LogP contribution in [0.4, 0.5) is 5.69 Å². The van der Waals surface area contributed by atoms with Gasteiger partial charge < -0.3 is 5.32 Å². The van der Waals surface area contributed by atoms with E-state index in [1.807, 2.05) is 18.2 Å². The number of halogens is 3. The highest BCUT2D eigenvalue weighted by Gasteiger charge is 2.09. The Morgan fingerprint density at radius 1 is 1.05 bits per heavy atom. The summed E-state index contributed by atoms with van der Waals surface area (Å²) in [5.41, 5.74) is 3.38. The molecule has 0 heterocycles. The summed E-state index contributed by atoms with van der Waals surface area (Å²) in [4.78, 5) is 0. The van der Waals surface area contributed by atoms with Crippen molar-refractivity contribution in [1.82, 2.24) is 0 Å². The first-order valence-corrected chi connectivity index (χ1v) is 7.50. The molecule has 1 atom stereocenters. The van der Waals surface area contributed by atoms with Crippen molar-refractivity contribution in [2.75, 3.05) is 5.32 Å². The van der Waals surface area contributed by atoms with Crippen molar-refractivity contribution in [2.45, 2.75) is 19.9 Å². The molecule has 0 aliphatic rings. The number of benzene rings is 2. The maximum atomic E-state index is 6.04. The minimum Gasteiger partial charge on any atom is -0.378 e. The van der Waals surface area contributed by atoms with E-state index in [-0.39, 0.29) is 6.04 Å². The normalized spacial score (nSPS) is 12.3. The van der Waals surface area contributed by atoms with Crippen molar-refractivity contribution in [3.05, 3.63) is 62.0 Å². The summed E-state index contributed by atoms with van der Waals surface area (Å²) in [6.45, 7) is 4.16. The molecule has 19 heavy (non-hydrogen) atoms. The molecule has 4 heteroatoms. The maximum Gasteiger partial charge on any atom is 0.0595 e. The molecule has 0 spiro atoms. The van der Waals surface area contributed by atoms with E-state index in [9.17, 15) is 0 Å². The van der Waals surface area contributed by atoms with E-state index in [1.165, 1.54) is 5.56 Å². The molecule has 0 aliphatic heterocycles. The number of nitrogens with one attached hydrogen (secondary N) is 1. The van der Waals surface area contributed by atoms with Crippen LogP contribution in [0.3, 0.4) is 0 Å². The van der Waals surface area contributed by atoms with Gasteiger partial charge in [-0.2, -0.15) is 0 Å². The van der Waals surface area contributed by atoms with Gasteiger partial charge in [-0.15, -0.1) is 0 Å². The zero-order valence-electron chi connectivity index (χ0n) is 10.7. The predicted octanol–water partition coefficient (Wildman–Crippen LogP) is 6.24. The fourth-order valence-electron chi connectivity index (χ4n) is 1.84. The lowest BCUT2D eigenvalue weighted by Crippen LogP contribution is -2.07. The summed E-state index contributed by atoms with van der Waals surface area (Å²) in [6.07, 6.45) is 0. The van der Waals surface area contributed by atoms with Crippen LogP contribution in [0, 0.1) is 6.92 Å². The number of aryl methyl sites for hydroxylation is 1. The smallest absolute Gasteiger partial charge is 0.0595 e. The SMILES string of the molecule is Cc1ccc(NC(C)c2ccc(Cl)c(Cl)c2)c(Br)c1. The third kappa shape index (κ3) is 3.65. The average Bonchev–Trinajstić information content (AvgIpc) is 2.36. The van der Waals surface area contributed by atoms with Crippen LogP contribution in [0.5, 0.6) is 0 Å². The Labute approximate surface area is 132 Å². The molecule has 0 radical (unpaired) electrons. The fourth-order valence-corrected chi connectivity index (χ4v) is 2.75. The first-order chi connectivity index (χ1) is 8.97. The van der Waals surface area contributed by atoms with E-state index in [1.54, 1.807) is 0 Å². The molecule has 0 bridgehead atoms. The monoisotopic (exact) mass is 357 g/mol. The Balaban J connectivity index is 2.20. The van der Waals surface area contributed by atoms with Gasteiger partial charge in [0, 0.05) is 16.2 Å². The molecule has 2 aromatic carbocycles. The van der Waals surface area contributed by atoms with Crippen molar-refractivity contribution >= 4 is 44.8 Å². The first kappa shape index (κ1) is 14.7. The zero-order chi connectivity index (χ0) is 14.0. The number of rotatable bonds is 3. The second-order valence-corrected chi connectivity index (χ2v) is 6.19. The van der Waals surface area contributed by atoms with Gasteiger partial charge in [-0.25, -0.2) is 0 Å². The third-order valence-corrected chi connectivity index (χ3v) is 4.34. The summed E-state index contributed by atoms with van der Waals surface area (Å²) < 4.78 is 1.06. The summed E-state index contributed by atoms with van der Waals surface area (Å²) in [7, 11) is 0. The van der Waals surface area contributed by atoms with E-state index in [2.05, 4.69) is 53.3 Å². The summed E-state index contributed by atoms with van der Waals surface area (Å²) in [5.74, 6) is 0. The number of hydrogen-bond acceptors (Lipinski definition) is 1. The van der Waals surface area contributed by atoms with Crippen LogP contribution < -0.4 is 5.32 Å². The zero-order valence-corrected chi connectivity index (χ0v) is 13.8. The van der Waals surface area contributed by atoms with Crippen molar-refractivity contribution in [3.63, 3.8) is 0 Å². The molecule has 1 N–H and O–H groups in total. The second-order valence-electron chi connectivity index (χ2n) is 4.52. The molecule has 0 saturated carbocycles. The van der Waals surface area contributed by atoms with E-state index in [4.69, 9.17) is 23.2 Å². The van der Waals surface area contributed by atoms with Gasteiger partial charge in [0.15, 0.2) is 0 Å². The molecular formula is C15H14BrCl2N. The molecule has 1 unspecified atom stereocenters. The lowest BCUT2D eigenvalue weighted by molar-refractivity contribution is 0.883. The minimum atomic E-state index is 0.147. The Hall–Kier alpha value is -0.700. The van der Waals surface area contributed by atoms with Crippen molar-refractivity contribution < 1.29 is 0 Å². The second kappa shape index (κ2) is 6.17. The highest BCUT2D eigenvalue weighted by Crippen LogP contribution is 2.30. The van der Waals surface area contributed by atoms with Gasteiger partial charge in [-0.05, 0) is 65.2 Å². The number of hydrogen-bond donors (Lipinski definition) is 1. The molecule has 2 rings (SSSR count). The molecule has 2 aromatic rings. The Morgan fingerprint density at radius 3 is 2.42 bits per heavy atom. The van der Waals surface area contributed by atoms with Crippen LogP contribution in [-0.4, -0.2) is 0 Å². The van der Waals surface area contributed by atoms with Gasteiger partial charge in [-0.3, -0.25) is 0 Å². The summed E-state index contributed by atoms with van der Waals surface area (Å²) in [6, 6.07) is 12.1. The highest BCUT2D eigenvalue weighted by molar-refractivity contribution is 9.10. The van der Waals surface area contributed by atoms with Crippen LogP contribution in [0.1, 0.15) is 24.1 Å². The lowest BCUT2D eigenvalue weighted by atomic mass is 10.1. The van der Waals surface area contributed by atoms with Crippen molar-refractivity contribution in [1.29, 1.82) is 0 Å². The molecule has 0 aromatic heterocycles. The van der Waals surface area contributed by atoms with Crippen LogP contribution in [0.15, 0.2) is 40.9 Å². The van der Waals surface area contributed by atoms with E-state index in [0.29, 0.717) is 10.0 Å². The average molecular weight is 359 g/mol. The van der Waals surface area contributed by atoms with Gasteiger partial charge in [0.2, 0.25) is 0 Å². The molecular weight excluding hydrogens is 345 g/mol. The van der Waals surface area contributed by atoms with Crippen molar-refractivity contribution in [3.8, 4) is 0 Å². The van der Waals surface area contributed by atoms with E-state index < -0.39 is 0 Å². The predicted molar refractivity (Wildman–Crippen MR) is 87.4 cm³/mol. The highest BCUT2D eigenvalue weighted by atomic mass is 79.9. The Morgan fingerprint density at radius 2 is 1.79 bits per heavy atom. The lowest BCUT2D eigenvalue weighted by Gasteiger charge is -2.17. The minimum absolute atomic E-state index is 0.147. The Kier molecular flexibility index (Phi) is 4.77. The molecule has 0 amide bonds. The largest absolute Gasteiger partial charge is 0.378 e. The van der Waals surface area contributed by atoms with Crippen LogP contribution in [-0.2, 0) is 0 Å². The van der Waals surface area contributed by atoms with Crippen LogP contribution in [0.25, 0.3) is 0 Å². The van der Waals surface area contributed by atoms with Gasteiger partial charge in [0.1, 0.15) is 0 Å². The van der Waals surface area contributed by atoms with Crippen LogP contribution in [0.2, 0.25) is 10.0 Å². The standard InChI is InChI=1S/C15H14BrCl2N/c1-9-3-6-15(12(16)7-9)19-10(2)11-4-5-13(17)14(18)8-11/h3-8,10,19H,1-2H3.